The van der Waals surface area contributed by atoms with Crippen LogP contribution in [0.15, 0.2) is 108 Å². The lowest BCUT2D eigenvalue weighted by Gasteiger charge is -2.11. The smallest absolute Gasteiger partial charge is 0.0332 e. The van der Waals surface area contributed by atoms with E-state index in [0.717, 1.165) is 21.2 Å². The van der Waals surface area contributed by atoms with E-state index in [0.29, 0.717) is 0 Å². The molecule has 146 valence electrons. The Morgan fingerprint density at radius 2 is 0.968 bits per heavy atom. The largest absolute Gasteiger partial charge is 0.0622 e. The quantitative estimate of drug-likeness (QED) is 0.141. The molecular formula is C30H19Br. The Labute approximate surface area is 191 Å². The van der Waals surface area contributed by atoms with E-state index < -0.39 is 0 Å². The van der Waals surface area contributed by atoms with Gasteiger partial charge in [0.05, 0.1) is 0 Å². The van der Waals surface area contributed by atoms with Gasteiger partial charge in [-0.25, -0.2) is 0 Å². The monoisotopic (exact) mass is 458 g/mol. The maximum atomic E-state index is 3.82. The Bertz CT molecular complexity index is 1410. The molecule has 0 aliphatic carbocycles. The molecule has 0 bridgehead atoms. The van der Waals surface area contributed by atoms with E-state index in [9.17, 15) is 0 Å². The molecule has 0 radical (unpaired) electrons. The third-order valence-corrected chi connectivity index (χ3v) is 6.24. The summed E-state index contributed by atoms with van der Waals surface area (Å²) in [4.78, 5) is 0. The van der Waals surface area contributed by atoms with E-state index in [1.165, 1.54) is 27.1 Å². The summed E-state index contributed by atoms with van der Waals surface area (Å²) in [5.74, 6) is 6.45. The average Bonchev–Trinajstić information content (AvgIpc) is 2.84. The van der Waals surface area contributed by atoms with Gasteiger partial charge < -0.3 is 0 Å². The Morgan fingerprint density at radius 3 is 1.55 bits per heavy atom. The lowest BCUT2D eigenvalue weighted by atomic mass is 9.96. The molecule has 0 saturated carbocycles. The molecule has 5 aromatic carbocycles. The molecule has 0 fully saturated rings. The molecule has 5 aromatic rings. The van der Waals surface area contributed by atoms with Crippen LogP contribution in [0.4, 0.5) is 0 Å². The van der Waals surface area contributed by atoms with Crippen molar-refractivity contribution in [3.8, 4) is 11.8 Å². The first-order valence-electron chi connectivity index (χ1n) is 10.2. The van der Waals surface area contributed by atoms with Crippen LogP contribution in [0, 0.1) is 11.8 Å². The van der Waals surface area contributed by atoms with Gasteiger partial charge in [-0.15, -0.1) is 0 Å². The van der Waals surface area contributed by atoms with Crippen molar-refractivity contribution in [3.05, 3.63) is 130 Å². The fraction of sp³-hybridized carbons (Fsp3) is 0. The molecule has 0 nitrogen and oxygen atoms in total. The molecule has 0 heterocycles. The highest BCUT2D eigenvalue weighted by molar-refractivity contribution is 9.10. The molecule has 0 aromatic heterocycles. The minimum Gasteiger partial charge on any atom is -0.0622 e. The minimum absolute atomic E-state index is 1.01. The van der Waals surface area contributed by atoms with Crippen molar-refractivity contribution in [1.82, 2.24) is 0 Å². The highest BCUT2D eigenvalue weighted by atomic mass is 79.9. The summed E-state index contributed by atoms with van der Waals surface area (Å²) in [6.07, 6.45) is 4.40. The summed E-state index contributed by atoms with van der Waals surface area (Å²) in [5, 5.41) is 4.95. The van der Waals surface area contributed by atoms with Crippen molar-refractivity contribution in [2.24, 2.45) is 0 Å². The van der Waals surface area contributed by atoms with Gasteiger partial charge in [-0.2, -0.15) is 0 Å². The van der Waals surface area contributed by atoms with Gasteiger partial charge in [-0.1, -0.05) is 103 Å². The van der Waals surface area contributed by atoms with Crippen LogP contribution in [0.5, 0.6) is 0 Å². The zero-order valence-corrected chi connectivity index (χ0v) is 18.4. The molecule has 0 aliphatic heterocycles. The van der Waals surface area contributed by atoms with Crippen molar-refractivity contribution in [3.63, 3.8) is 0 Å². The zero-order chi connectivity index (χ0) is 21.0. The van der Waals surface area contributed by atoms with Crippen LogP contribution in [0.25, 0.3) is 33.7 Å². The average molecular weight is 459 g/mol. The van der Waals surface area contributed by atoms with Crippen molar-refractivity contribution in [2.75, 3.05) is 0 Å². The molecule has 0 unspecified atom stereocenters. The predicted molar refractivity (Wildman–Crippen MR) is 137 cm³/mol. The Hall–Kier alpha value is -3.60. The van der Waals surface area contributed by atoms with E-state index in [-0.39, 0.29) is 0 Å². The van der Waals surface area contributed by atoms with Crippen molar-refractivity contribution >= 4 is 49.6 Å². The van der Waals surface area contributed by atoms with Crippen LogP contribution in [-0.4, -0.2) is 0 Å². The van der Waals surface area contributed by atoms with Crippen molar-refractivity contribution < 1.29 is 0 Å². The summed E-state index contributed by atoms with van der Waals surface area (Å²) in [7, 11) is 0. The summed E-state index contributed by atoms with van der Waals surface area (Å²) < 4.78 is 1.15. The normalized spacial score (nSPS) is 11.0. The highest BCUT2D eigenvalue weighted by Gasteiger charge is 2.09. The zero-order valence-electron chi connectivity index (χ0n) is 16.8. The standard InChI is InChI=1S/C30H19Br/c31-30-28-12-6-4-10-25(28)27(26-11-5-7-13-29(26)30)21-20-24-18-16-23(17-19-24)15-14-22-8-2-1-3-9-22/h1-13,16-21H/b21-20+. The number of hydrogen-bond acceptors (Lipinski definition) is 0. The maximum Gasteiger partial charge on any atom is 0.0332 e. The summed E-state index contributed by atoms with van der Waals surface area (Å²) in [6, 6.07) is 35.6. The number of halogens is 1. The lowest BCUT2D eigenvalue weighted by molar-refractivity contribution is 1.60. The number of fused-ring (bicyclic) bond motifs is 2. The molecule has 0 amide bonds. The molecule has 1 heteroatoms. The molecule has 0 N–H and O–H groups in total. The second kappa shape index (κ2) is 8.64. The molecule has 5 rings (SSSR count). The second-order valence-corrected chi connectivity index (χ2v) is 8.18. The van der Waals surface area contributed by atoms with Gasteiger partial charge in [0, 0.05) is 15.6 Å². The first-order valence-corrected chi connectivity index (χ1v) is 11.0. The van der Waals surface area contributed by atoms with E-state index in [2.05, 4.69) is 113 Å². The predicted octanol–water partition coefficient (Wildman–Crippen LogP) is 8.33. The molecular weight excluding hydrogens is 440 g/mol. The Kier molecular flexibility index (Phi) is 5.40. The summed E-state index contributed by atoms with van der Waals surface area (Å²) in [6.45, 7) is 0. The van der Waals surface area contributed by atoms with Gasteiger partial charge in [-0.05, 0) is 72.9 Å². The number of benzene rings is 5. The van der Waals surface area contributed by atoms with Crippen LogP contribution in [0.2, 0.25) is 0 Å². The summed E-state index contributed by atoms with van der Waals surface area (Å²) >= 11 is 3.82. The fourth-order valence-corrected chi connectivity index (χ4v) is 4.50. The van der Waals surface area contributed by atoms with Gasteiger partial charge in [-0.3, -0.25) is 0 Å². The second-order valence-electron chi connectivity index (χ2n) is 7.39. The van der Waals surface area contributed by atoms with Gasteiger partial charge in [0.2, 0.25) is 0 Å². The van der Waals surface area contributed by atoms with Gasteiger partial charge >= 0.3 is 0 Å². The maximum absolute atomic E-state index is 3.82. The first kappa shape index (κ1) is 19.4. The van der Waals surface area contributed by atoms with Gasteiger partial charge in [0.15, 0.2) is 0 Å². The van der Waals surface area contributed by atoms with E-state index >= 15 is 0 Å². The van der Waals surface area contributed by atoms with Crippen molar-refractivity contribution in [1.29, 1.82) is 0 Å². The lowest BCUT2D eigenvalue weighted by Crippen LogP contribution is -1.85. The van der Waals surface area contributed by atoms with Crippen LogP contribution in [0.3, 0.4) is 0 Å². The van der Waals surface area contributed by atoms with Crippen molar-refractivity contribution in [2.45, 2.75) is 0 Å². The van der Waals surface area contributed by atoms with E-state index in [1.807, 2.05) is 30.3 Å². The molecule has 0 atom stereocenters. The minimum atomic E-state index is 1.01. The molecule has 0 saturated heterocycles. The Morgan fingerprint density at radius 1 is 0.484 bits per heavy atom. The van der Waals surface area contributed by atoms with Crippen LogP contribution < -0.4 is 0 Å². The van der Waals surface area contributed by atoms with E-state index in [4.69, 9.17) is 0 Å². The van der Waals surface area contributed by atoms with E-state index in [1.54, 1.807) is 0 Å². The third-order valence-electron chi connectivity index (χ3n) is 5.39. The number of hydrogen-bond donors (Lipinski definition) is 0. The van der Waals surface area contributed by atoms with Gasteiger partial charge in [0.1, 0.15) is 0 Å². The third kappa shape index (κ3) is 4.04. The van der Waals surface area contributed by atoms with Crippen LogP contribution in [0.1, 0.15) is 22.3 Å². The summed E-state index contributed by atoms with van der Waals surface area (Å²) in [5.41, 5.74) is 4.43. The van der Waals surface area contributed by atoms with Gasteiger partial charge in [0.25, 0.3) is 0 Å². The number of rotatable bonds is 2. The molecule has 0 spiro atoms. The first-order chi connectivity index (χ1) is 15.3. The van der Waals surface area contributed by atoms with Crippen LogP contribution >= 0.6 is 15.9 Å². The van der Waals surface area contributed by atoms with Crippen LogP contribution in [-0.2, 0) is 0 Å². The fourth-order valence-electron chi connectivity index (χ4n) is 3.81. The SMILES string of the molecule is Brc1c2ccccc2c(/C=C/c2ccc(C#Cc3ccccc3)cc2)c2ccccc12. The molecule has 0 aliphatic rings. The topological polar surface area (TPSA) is 0 Å². The molecule has 31 heavy (non-hydrogen) atoms. The highest BCUT2D eigenvalue weighted by Crippen LogP contribution is 2.37. The Balaban J connectivity index is 1.51.